The van der Waals surface area contributed by atoms with Gasteiger partial charge in [-0.05, 0) is 49.7 Å². The molecule has 7 nitrogen and oxygen atoms in total. The molecule has 0 aliphatic carbocycles. The Morgan fingerprint density at radius 1 is 1.03 bits per heavy atom. The lowest BCUT2D eigenvalue weighted by Gasteiger charge is -2.25. The van der Waals surface area contributed by atoms with Crippen molar-refractivity contribution in [2.75, 3.05) is 13.1 Å². The average molecular weight is 543 g/mol. The molecule has 0 saturated heterocycles. The van der Waals surface area contributed by atoms with Gasteiger partial charge >= 0.3 is 6.18 Å². The molecule has 0 aliphatic heterocycles. The SMILES string of the molecule is CCNC(=O)[C@H](NC(=O)CNC(=O)c1cccc(C(F)(F)F)c1)[C@@H](C)NCc1ccc(Br)cc1. The minimum atomic E-state index is -4.59. The molecule has 0 aromatic heterocycles. The van der Waals surface area contributed by atoms with E-state index in [9.17, 15) is 27.6 Å². The fraction of sp³-hybridized carbons (Fsp3) is 0.348. The van der Waals surface area contributed by atoms with Gasteiger partial charge in [0, 0.05) is 29.2 Å². The van der Waals surface area contributed by atoms with Gasteiger partial charge in [0.25, 0.3) is 5.91 Å². The summed E-state index contributed by atoms with van der Waals surface area (Å²) < 4.78 is 39.5. The van der Waals surface area contributed by atoms with Gasteiger partial charge in [-0.3, -0.25) is 14.4 Å². The first-order valence-corrected chi connectivity index (χ1v) is 11.3. The summed E-state index contributed by atoms with van der Waals surface area (Å²) in [4.78, 5) is 37.1. The summed E-state index contributed by atoms with van der Waals surface area (Å²) in [6.07, 6.45) is -4.59. The molecular weight excluding hydrogens is 517 g/mol. The number of carbonyl (C=O) groups excluding carboxylic acids is 3. The summed E-state index contributed by atoms with van der Waals surface area (Å²) in [5, 5.41) is 10.7. The summed E-state index contributed by atoms with van der Waals surface area (Å²) in [6, 6.07) is 10.1. The van der Waals surface area contributed by atoms with Crippen LogP contribution in [0.15, 0.2) is 53.0 Å². The predicted molar refractivity (Wildman–Crippen MR) is 125 cm³/mol. The Kier molecular flexibility index (Phi) is 10.1. The largest absolute Gasteiger partial charge is 0.416 e. The maximum Gasteiger partial charge on any atom is 0.416 e. The van der Waals surface area contributed by atoms with Gasteiger partial charge < -0.3 is 21.3 Å². The minimum absolute atomic E-state index is 0.229. The quantitative estimate of drug-likeness (QED) is 0.371. The van der Waals surface area contributed by atoms with Crippen molar-refractivity contribution in [2.45, 2.75) is 38.7 Å². The number of hydrogen-bond acceptors (Lipinski definition) is 4. The average Bonchev–Trinajstić information content (AvgIpc) is 2.80. The van der Waals surface area contributed by atoms with Crippen molar-refractivity contribution in [1.82, 2.24) is 21.3 Å². The Hall–Kier alpha value is -2.92. The van der Waals surface area contributed by atoms with Gasteiger partial charge in [-0.25, -0.2) is 0 Å². The van der Waals surface area contributed by atoms with E-state index in [0.717, 1.165) is 22.2 Å². The number of rotatable bonds is 10. The van der Waals surface area contributed by atoms with Gasteiger partial charge in [0.05, 0.1) is 12.1 Å². The molecule has 3 amide bonds. The first-order chi connectivity index (χ1) is 16.0. The van der Waals surface area contributed by atoms with Crippen LogP contribution in [0.3, 0.4) is 0 Å². The van der Waals surface area contributed by atoms with E-state index in [0.29, 0.717) is 19.2 Å². The normalized spacial score (nSPS) is 13.0. The van der Waals surface area contributed by atoms with Crippen LogP contribution in [0.25, 0.3) is 0 Å². The highest BCUT2D eigenvalue weighted by atomic mass is 79.9. The molecule has 4 N–H and O–H groups in total. The van der Waals surface area contributed by atoms with Crippen LogP contribution in [0, 0.1) is 0 Å². The zero-order chi connectivity index (χ0) is 25.3. The summed E-state index contributed by atoms with van der Waals surface area (Å²) in [7, 11) is 0. The van der Waals surface area contributed by atoms with Crippen LogP contribution in [0.1, 0.15) is 35.3 Å². The molecule has 2 atom stereocenters. The Bertz CT molecular complexity index is 1000. The maximum atomic E-state index is 12.9. The van der Waals surface area contributed by atoms with Gasteiger partial charge in [-0.15, -0.1) is 0 Å². The molecule has 34 heavy (non-hydrogen) atoms. The molecule has 0 saturated carbocycles. The number of likely N-dealkylation sites (N-methyl/N-ethyl adjacent to an activating group) is 1. The zero-order valence-corrected chi connectivity index (χ0v) is 20.2. The van der Waals surface area contributed by atoms with Crippen molar-refractivity contribution in [1.29, 1.82) is 0 Å². The van der Waals surface area contributed by atoms with Crippen LogP contribution in [0.5, 0.6) is 0 Å². The predicted octanol–water partition coefficient (Wildman–Crippen LogP) is 3.00. The summed E-state index contributed by atoms with van der Waals surface area (Å²) in [5.74, 6) is -1.90. The van der Waals surface area contributed by atoms with E-state index in [1.165, 1.54) is 6.07 Å². The number of hydrogen-bond donors (Lipinski definition) is 4. The Morgan fingerprint density at radius 3 is 2.32 bits per heavy atom. The molecule has 0 spiro atoms. The summed E-state index contributed by atoms with van der Waals surface area (Å²) in [5.41, 5.74) is -0.219. The summed E-state index contributed by atoms with van der Waals surface area (Å²) >= 11 is 3.36. The number of nitrogens with one attached hydrogen (secondary N) is 4. The fourth-order valence-corrected chi connectivity index (χ4v) is 3.29. The minimum Gasteiger partial charge on any atom is -0.355 e. The van der Waals surface area contributed by atoms with E-state index in [1.807, 2.05) is 24.3 Å². The lowest BCUT2D eigenvalue weighted by molar-refractivity contribution is -0.137. The number of amides is 3. The number of carbonyl (C=O) groups is 3. The Balaban J connectivity index is 1.97. The zero-order valence-electron chi connectivity index (χ0n) is 18.6. The van der Waals surface area contributed by atoms with Crippen LogP contribution in [-0.4, -0.2) is 42.9 Å². The van der Waals surface area contributed by atoms with E-state index < -0.39 is 48.1 Å². The van der Waals surface area contributed by atoms with E-state index in [4.69, 9.17) is 0 Å². The molecule has 0 radical (unpaired) electrons. The van der Waals surface area contributed by atoms with Crippen molar-refractivity contribution < 1.29 is 27.6 Å². The second-order valence-corrected chi connectivity index (χ2v) is 8.41. The monoisotopic (exact) mass is 542 g/mol. The van der Waals surface area contributed by atoms with Crippen molar-refractivity contribution >= 4 is 33.7 Å². The van der Waals surface area contributed by atoms with Crippen LogP contribution in [-0.2, 0) is 22.3 Å². The molecule has 0 fully saturated rings. The lowest BCUT2D eigenvalue weighted by atomic mass is 10.1. The second-order valence-electron chi connectivity index (χ2n) is 7.50. The first-order valence-electron chi connectivity index (χ1n) is 10.5. The molecular formula is C23H26BrF3N4O3. The lowest BCUT2D eigenvalue weighted by Crippen LogP contribution is -2.57. The molecule has 2 aromatic rings. The fourth-order valence-electron chi connectivity index (χ4n) is 3.02. The van der Waals surface area contributed by atoms with Gasteiger partial charge in [-0.1, -0.05) is 34.1 Å². The second kappa shape index (κ2) is 12.5. The highest BCUT2D eigenvalue weighted by Gasteiger charge is 2.31. The molecule has 0 bridgehead atoms. The van der Waals surface area contributed by atoms with Crippen LogP contribution < -0.4 is 21.3 Å². The standard InChI is InChI=1S/C23H26BrF3N4O3/c1-3-28-22(34)20(14(2)29-12-15-7-9-18(24)10-8-15)31-19(32)13-30-21(33)16-5-4-6-17(11-16)23(25,26)27/h4-11,14,20,29H,3,12-13H2,1-2H3,(H,28,34)(H,30,33)(H,31,32)/t14-,20-/m1/s1. The van der Waals surface area contributed by atoms with Crippen LogP contribution >= 0.6 is 15.9 Å². The smallest absolute Gasteiger partial charge is 0.355 e. The van der Waals surface area contributed by atoms with Crippen molar-refractivity contribution in [2.24, 2.45) is 0 Å². The van der Waals surface area contributed by atoms with Crippen LogP contribution in [0.4, 0.5) is 13.2 Å². The Morgan fingerprint density at radius 2 is 1.71 bits per heavy atom. The van der Waals surface area contributed by atoms with Gasteiger partial charge in [0.15, 0.2) is 0 Å². The first kappa shape index (κ1) is 27.3. The highest BCUT2D eigenvalue weighted by molar-refractivity contribution is 9.10. The molecule has 0 aliphatic rings. The topological polar surface area (TPSA) is 99.3 Å². The van der Waals surface area contributed by atoms with E-state index in [-0.39, 0.29) is 5.56 Å². The molecule has 0 unspecified atom stereocenters. The molecule has 184 valence electrons. The van der Waals surface area contributed by atoms with Crippen LogP contribution in [0.2, 0.25) is 0 Å². The van der Waals surface area contributed by atoms with Gasteiger partial charge in [0.2, 0.25) is 11.8 Å². The van der Waals surface area contributed by atoms with Gasteiger partial charge in [0.1, 0.15) is 6.04 Å². The molecule has 2 aromatic carbocycles. The number of halogens is 4. The van der Waals surface area contributed by atoms with E-state index in [1.54, 1.807) is 13.8 Å². The third-order valence-corrected chi connectivity index (χ3v) is 5.38. The summed E-state index contributed by atoms with van der Waals surface area (Å²) in [6.45, 7) is 3.78. The number of benzene rings is 2. The van der Waals surface area contributed by atoms with Crippen molar-refractivity contribution in [3.05, 3.63) is 69.7 Å². The number of alkyl halides is 3. The highest BCUT2D eigenvalue weighted by Crippen LogP contribution is 2.29. The third-order valence-electron chi connectivity index (χ3n) is 4.85. The van der Waals surface area contributed by atoms with Crippen molar-refractivity contribution in [3.8, 4) is 0 Å². The van der Waals surface area contributed by atoms with E-state index >= 15 is 0 Å². The van der Waals surface area contributed by atoms with Gasteiger partial charge in [-0.2, -0.15) is 13.2 Å². The third kappa shape index (κ3) is 8.45. The maximum absolute atomic E-state index is 12.9. The van der Waals surface area contributed by atoms with E-state index in [2.05, 4.69) is 37.2 Å². The molecule has 11 heteroatoms. The molecule has 0 heterocycles. The Labute approximate surface area is 204 Å². The van der Waals surface area contributed by atoms with Crippen molar-refractivity contribution in [3.63, 3.8) is 0 Å². The molecule has 2 rings (SSSR count).